The summed E-state index contributed by atoms with van der Waals surface area (Å²) in [5, 5.41) is 7.96. The van der Waals surface area contributed by atoms with Crippen molar-refractivity contribution in [1.82, 2.24) is 10.2 Å². The maximum Gasteiger partial charge on any atom is 0.318 e. The average Bonchev–Trinajstić information content (AvgIpc) is 2.74. The van der Waals surface area contributed by atoms with Crippen LogP contribution in [0.1, 0.15) is 23.2 Å². The van der Waals surface area contributed by atoms with Gasteiger partial charge in [0.2, 0.25) is 5.91 Å². The Kier molecular flexibility index (Phi) is 6.43. The van der Waals surface area contributed by atoms with Crippen LogP contribution in [0.2, 0.25) is 0 Å². The van der Waals surface area contributed by atoms with Crippen LogP contribution in [-0.2, 0) is 4.79 Å². The molecule has 1 heterocycles. The van der Waals surface area contributed by atoms with Gasteiger partial charge in [0, 0.05) is 37.1 Å². The van der Waals surface area contributed by atoms with Gasteiger partial charge in [-0.05, 0) is 55.3 Å². The molecule has 2 aromatic rings. The Hall–Kier alpha value is -3.42. The lowest BCUT2D eigenvalue weighted by molar-refractivity contribution is -0.121. The molecule has 0 bridgehead atoms. The maximum absolute atomic E-state index is 13.1. The van der Waals surface area contributed by atoms with Crippen molar-refractivity contribution in [3.05, 3.63) is 59.9 Å². The third kappa shape index (κ3) is 5.31. The molecule has 2 aromatic carbocycles. The Balaban J connectivity index is 1.62. The molecule has 1 aliphatic heterocycles. The first-order valence-electron chi connectivity index (χ1n) is 9.41. The highest BCUT2D eigenvalue weighted by molar-refractivity contribution is 5.97. The van der Waals surface area contributed by atoms with Gasteiger partial charge in [-0.15, -0.1) is 0 Å². The average molecular weight is 398 g/mol. The summed E-state index contributed by atoms with van der Waals surface area (Å²) in [4.78, 5) is 38.4. The second kappa shape index (κ2) is 9.18. The molecule has 0 aromatic heterocycles. The van der Waals surface area contributed by atoms with Gasteiger partial charge in [0.15, 0.2) is 0 Å². The minimum absolute atomic E-state index is 0.182. The molecule has 4 amide bonds. The van der Waals surface area contributed by atoms with Crippen molar-refractivity contribution in [2.24, 2.45) is 5.92 Å². The molecule has 0 saturated carbocycles. The fourth-order valence-corrected chi connectivity index (χ4v) is 3.26. The van der Waals surface area contributed by atoms with Crippen molar-refractivity contribution >= 4 is 29.2 Å². The summed E-state index contributed by atoms with van der Waals surface area (Å²) in [6.07, 6.45) is 1.39. The number of carbonyl (C=O) groups excluding carboxylic acids is 3. The molecule has 1 unspecified atom stereocenters. The van der Waals surface area contributed by atoms with E-state index in [0.29, 0.717) is 42.9 Å². The molecule has 0 aliphatic carbocycles. The Morgan fingerprint density at radius 1 is 1.03 bits per heavy atom. The first kappa shape index (κ1) is 20.3. The molecule has 1 atom stereocenters. The number of urea groups is 1. The topological polar surface area (TPSA) is 90.5 Å². The number of rotatable bonds is 4. The molecule has 8 heteroatoms. The summed E-state index contributed by atoms with van der Waals surface area (Å²) < 4.78 is 13.1. The highest BCUT2D eigenvalue weighted by Crippen LogP contribution is 2.22. The highest BCUT2D eigenvalue weighted by atomic mass is 19.1. The van der Waals surface area contributed by atoms with Crippen LogP contribution in [0.4, 0.5) is 20.6 Å². The lowest BCUT2D eigenvalue weighted by Crippen LogP contribution is -2.43. The molecular weight excluding hydrogens is 375 g/mol. The van der Waals surface area contributed by atoms with Crippen molar-refractivity contribution in [3.63, 3.8) is 0 Å². The van der Waals surface area contributed by atoms with Gasteiger partial charge in [-0.25, -0.2) is 9.18 Å². The zero-order valence-corrected chi connectivity index (χ0v) is 16.1. The van der Waals surface area contributed by atoms with Crippen LogP contribution >= 0.6 is 0 Å². The smallest absolute Gasteiger partial charge is 0.318 e. The minimum Gasteiger partial charge on any atom is -0.341 e. The Labute approximate surface area is 168 Å². The van der Waals surface area contributed by atoms with Crippen LogP contribution in [0.5, 0.6) is 0 Å². The van der Waals surface area contributed by atoms with Crippen molar-refractivity contribution < 1.29 is 18.8 Å². The van der Waals surface area contributed by atoms with E-state index in [1.165, 1.54) is 31.3 Å². The van der Waals surface area contributed by atoms with E-state index in [2.05, 4.69) is 16.0 Å². The molecular formula is C21H23FN4O3. The number of hydrogen-bond acceptors (Lipinski definition) is 3. The van der Waals surface area contributed by atoms with E-state index in [9.17, 15) is 18.8 Å². The van der Waals surface area contributed by atoms with Crippen LogP contribution in [0, 0.1) is 11.7 Å². The summed E-state index contributed by atoms with van der Waals surface area (Å²) in [5.41, 5.74) is 1.52. The number of benzene rings is 2. The summed E-state index contributed by atoms with van der Waals surface area (Å²) in [5.74, 6) is -1.13. The number of nitrogens with zero attached hydrogens (tertiary/aromatic N) is 1. The summed E-state index contributed by atoms with van der Waals surface area (Å²) >= 11 is 0. The number of piperidine rings is 1. The Morgan fingerprint density at radius 3 is 2.41 bits per heavy atom. The monoisotopic (exact) mass is 398 g/mol. The maximum atomic E-state index is 13.1. The Morgan fingerprint density at radius 2 is 1.72 bits per heavy atom. The molecule has 0 radical (unpaired) electrons. The first-order chi connectivity index (χ1) is 14.0. The molecule has 1 fully saturated rings. The molecule has 152 valence electrons. The number of nitrogens with one attached hydrogen (secondary N) is 3. The third-order valence-corrected chi connectivity index (χ3v) is 4.79. The van der Waals surface area contributed by atoms with Gasteiger partial charge in [-0.3, -0.25) is 9.59 Å². The van der Waals surface area contributed by atoms with E-state index in [1.54, 1.807) is 29.2 Å². The van der Waals surface area contributed by atoms with Crippen LogP contribution in [0.25, 0.3) is 0 Å². The molecule has 3 rings (SSSR count). The number of anilines is 2. The SMILES string of the molecule is CNC(=O)Nc1cccc(NC(=O)C2CCCN(C(=O)c3ccc(F)cc3)C2)c1. The molecule has 7 nitrogen and oxygen atoms in total. The molecule has 29 heavy (non-hydrogen) atoms. The van der Waals surface area contributed by atoms with Crippen LogP contribution in [0.3, 0.4) is 0 Å². The normalized spacial score (nSPS) is 16.1. The van der Waals surface area contributed by atoms with Gasteiger partial charge in [0.05, 0.1) is 5.92 Å². The van der Waals surface area contributed by atoms with Crippen molar-refractivity contribution in [2.75, 3.05) is 30.8 Å². The number of halogens is 1. The third-order valence-electron chi connectivity index (χ3n) is 4.79. The van der Waals surface area contributed by atoms with Crippen LogP contribution in [-0.4, -0.2) is 42.9 Å². The van der Waals surface area contributed by atoms with Gasteiger partial charge in [0.25, 0.3) is 5.91 Å². The number of likely N-dealkylation sites (tertiary alicyclic amines) is 1. The second-order valence-corrected chi connectivity index (χ2v) is 6.87. The lowest BCUT2D eigenvalue weighted by atomic mass is 9.96. The van der Waals surface area contributed by atoms with Gasteiger partial charge in [0.1, 0.15) is 5.82 Å². The second-order valence-electron chi connectivity index (χ2n) is 6.87. The summed E-state index contributed by atoms with van der Waals surface area (Å²) in [6, 6.07) is 11.9. The van der Waals surface area contributed by atoms with E-state index < -0.39 is 5.82 Å². The Bertz CT molecular complexity index is 901. The van der Waals surface area contributed by atoms with E-state index in [4.69, 9.17) is 0 Å². The van der Waals surface area contributed by atoms with Gasteiger partial charge >= 0.3 is 6.03 Å². The van der Waals surface area contributed by atoms with Crippen molar-refractivity contribution in [1.29, 1.82) is 0 Å². The van der Waals surface area contributed by atoms with Crippen molar-refractivity contribution in [3.8, 4) is 0 Å². The number of hydrogen-bond donors (Lipinski definition) is 3. The van der Waals surface area contributed by atoms with Gasteiger partial charge in [-0.1, -0.05) is 6.07 Å². The van der Waals surface area contributed by atoms with E-state index in [1.807, 2.05) is 0 Å². The number of carbonyl (C=O) groups is 3. The van der Waals surface area contributed by atoms with Gasteiger partial charge < -0.3 is 20.9 Å². The van der Waals surface area contributed by atoms with E-state index in [-0.39, 0.29) is 23.8 Å². The van der Waals surface area contributed by atoms with E-state index in [0.717, 1.165) is 0 Å². The van der Waals surface area contributed by atoms with Crippen LogP contribution in [0.15, 0.2) is 48.5 Å². The first-order valence-corrected chi connectivity index (χ1v) is 9.41. The highest BCUT2D eigenvalue weighted by Gasteiger charge is 2.29. The molecule has 1 saturated heterocycles. The number of amides is 4. The predicted molar refractivity (Wildman–Crippen MR) is 108 cm³/mol. The molecule has 1 aliphatic rings. The summed E-state index contributed by atoms with van der Waals surface area (Å²) in [7, 11) is 1.52. The predicted octanol–water partition coefficient (Wildman–Crippen LogP) is 3.07. The van der Waals surface area contributed by atoms with E-state index >= 15 is 0 Å². The van der Waals surface area contributed by atoms with Crippen molar-refractivity contribution in [2.45, 2.75) is 12.8 Å². The largest absolute Gasteiger partial charge is 0.341 e. The van der Waals surface area contributed by atoms with Crippen LogP contribution < -0.4 is 16.0 Å². The standard InChI is InChI=1S/C21H23FN4O3/c1-23-21(29)25-18-6-2-5-17(12-18)24-19(27)15-4-3-11-26(13-15)20(28)14-7-9-16(22)10-8-14/h2,5-10,12,15H,3-4,11,13H2,1H3,(H,24,27)(H2,23,25,29). The molecule has 3 N–H and O–H groups in total. The van der Waals surface area contributed by atoms with Gasteiger partial charge in [-0.2, -0.15) is 0 Å². The zero-order chi connectivity index (χ0) is 20.8. The fourth-order valence-electron chi connectivity index (χ4n) is 3.26. The fraction of sp³-hybridized carbons (Fsp3) is 0.286. The lowest BCUT2D eigenvalue weighted by Gasteiger charge is -2.32. The zero-order valence-electron chi connectivity index (χ0n) is 16.1. The summed E-state index contributed by atoms with van der Waals surface area (Å²) in [6.45, 7) is 0.865. The minimum atomic E-state index is -0.398. The molecule has 0 spiro atoms. The quantitative estimate of drug-likeness (QED) is 0.739.